The van der Waals surface area contributed by atoms with Gasteiger partial charge in [-0.05, 0) is 39.3 Å². The number of para-hydroxylation sites is 1. The van der Waals surface area contributed by atoms with Gasteiger partial charge in [-0.1, -0.05) is 18.2 Å². The van der Waals surface area contributed by atoms with Crippen LogP contribution in [0.3, 0.4) is 0 Å². The van der Waals surface area contributed by atoms with Gasteiger partial charge in [-0.15, -0.1) is 0 Å². The Morgan fingerprint density at radius 2 is 1.80 bits per heavy atom. The first kappa shape index (κ1) is 18.6. The van der Waals surface area contributed by atoms with Crippen molar-refractivity contribution in [1.29, 1.82) is 0 Å². The van der Waals surface area contributed by atoms with Crippen LogP contribution in [0.1, 0.15) is 51.5 Å². The van der Waals surface area contributed by atoms with Crippen molar-refractivity contribution in [2.24, 2.45) is 0 Å². The van der Waals surface area contributed by atoms with Gasteiger partial charge in [-0.25, -0.2) is 9.59 Å². The van der Waals surface area contributed by atoms with E-state index >= 15 is 0 Å². The molecule has 0 saturated heterocycles. The Kier molecular flexibility index (Phi) is 5.85. The molecule has 6 heteroatoms. The van der Waals surface area contributed by atoms with E-state index in [0.717, 1.165) is 5.56 Å². The van der Waals surface area contributed by atoms with Crippen molar-refractivity contribution in [1.82, 2.24) is 4.98 Å². The van der Waals surface area contributed by atoms with Crippen LogP contribution in [0.2, 0.25) is 0 Å². The average Bonchev–Trinajstić information content (AvgIpc) is 2.86. The number of rotatable bonds is 6. The molecule has 25 heavy (non-hydrogen) atoms. The second-order valence-electron chi connectivity index (χ2n) is 5.97. The number of aromatic amines is 1. The van der Waals surface area contributed by atoms with Gasteiger partial charge in [0.05, 0.1) is 18.8 Å². The van der Waals surface area contributed by atoms with E-state index in [9.17, 15) is 9.59 Å². The maximum atomic E-state index is 12.4. The van der Waals surface area contributed by atoms with Crippen molar-refractivity contribution in [3.8, 4) is 5.75 Å². The predicted octanol–water partition coefficient (Wildman–Crippen LogP) is 3.56. The first-order valence-corrected chi connectivity index (χ1v) is 8.04. The molecule has 0 bridgehead atoms. The summed E-state index contributed by atoms with van der Waals surface area (Å²) in [7, 11) is 1.56. The summed E-state index contributed by atoms with van der Waals surface area (Å²) in [6.07, 6.45) is -0.234. The van der Waals surface area contributed by atoms with Gasteiger partial charge in [0.1, 0.15) is 18.1 Å². The molecule has 0 fully saturated rings. The van der Waals surface area contributed by atoms with Crippen molar-refractivity contribution in [2.45, 2.75) is 40.4 Å². The van der Waals surface area contributed by atoms with Crippen LogP contribution in [0.5, 0.6) is 5.75 Å². The lowest BCUT2D eigenvalue weighted by Gasteiger charge is -2.09. The summed E-state index contributed by atoms with van der Waals surface area (Å²) >= 11 is 0. The summed E-state index contributed by atoms with van der Waals surface area (Å²) in [5, 5.41) is 0. The van der Waals surface area contributed by atoms with Crippen molar-refractivity contribution in [3.63, 3.8) is 0 Å². The van der Waals surface area contributed by atoms with Crippen LogP contribution in [0, 0.1) is 13.8 Å². The molecule has 0 amide bonds. The second kappa shape index (κ2) is 7.88. The average molecular weight is 345 g/mol. The fourth-order valence-corrected chi connectivity index (χ4v) is 2.57. The van der Waals surface area contributed by atoms with E-state index in [2.05, 4.69) is 4.98 Å². The first-order chi connectivity index (χ1) is 11.8. The molecule has 0 aliphatic heterocycles. The number of esters is 2. The maximum Gasteiger partial charge on any atom is 0.355 e. The molecule has 0 spiro atoms. The van der Waals surface area contributed by atoms with E-state index in [1.54, 1.807) is 40.9 Å². The highest BCUT2D eigenvalue weighted by atomic mass is 16.5. The Hall–Kier alpha value is -2.76. The standard InChI is InChI=1S/C19H23NO5/c1-11(2)25-18(21)16-12(3)17(20-13(16)4)19(22)24-10-14-8-6-7-9-15(14)23-5/h6-9,11,20H,10H2,1-5H3. The number of hydrogen-bond acceptors (Lipinski definition) is 5. The number of carbonyl (C=O) groups excluding carboxylic acids is 2. The number of H-pyrrole nitrogens is 1. The van der Waals surface area contributed by atoms with Gasteiger partial charge in [0.2, 0.25) is 0 Å². The highest BCUT2D eigenvalue weighted by molar-refractivity contribution is 5.98. The molecule has 1 N–H and O–H groups in total. The summed E-state index contributed by atoms with van der Waals surface area (Å²) in [4.78, 5) is 27.5. The van der Waals surface area contributed by atoms with Gasteiger partial charge < -0.3 is 19.2 Å². The minimum atomic E-state index is -0.532. The number of benzene rings is 1. The predicted molar refractivity (Wildman–Crippen MR) is 92.9 cm³/mol. The van der Waals surface area contributed by atoms with E-state index in [0.29, 0.717) is 22.6 Å². The van der Waals surface area contributed by atoms with Gasteiger partial charge in [0.15, 0.2) is 0 Å². The highest BCUT2D eigenvalue weighted by Gasteiger charge is 2.24. The fourth-order valence-electron chi connectivity index (χ4n) is 2.57. The summed E-state index contributed by atoms with van der Waals surface area (Å²) in [5.74, 6) is -0.337. The zero-order valence-electron chi connectivity index (χ0n) is 15.1. The smallest absolute Gasteiger partial charge is 0.355 e. The monoisotopic (exact) mass is 345 g/mol. The van der Waals surface area contributed by atoms with Crippen LogP contribution in [-0.2, 0) is 16.1 Å². The highest BCUT2D eigenvalue weighted by Crippen LogP contribution is 2.22. The normalized spacial score (nSPS) is 10.6. The van der Waals surface area contributed by atoms with Gasteiger partial charge in [-0.2, -0.15) is 0 Å². The van der Waals surface area contributed by atoms with Crippen molar-refractivity contribution < 1.29 is 23.8 Å². The molecule has 0 atom stereocenters. The van der Waals surface area contributed by atoms with Crippen LogP contribution < -0.4 is 4.74 Å². The van der Waals surface area contributed by atoms with Crippen LogP contribution in [-0.4, -0.2) is 30.1 Å². The molecule has 2 aromatic rings. The van der Waals surface area contributed by atoms with Crippen LogP contribution in [0.4, 0.5) is 0 Å². The van der Waals surface area contributed by atoms with E-state index in [1.165, 1.54) is 0 Å². The van der Waals surface area contributed by atoms with Gasteiger partial charge in [0, 0.05) is 11.3 Å². The van der Waals surface area contributed by atoms with Gasteiger partial charge >= 0.3 is 11.9 Å². The van der Waals surface area contributed by atoms with E-state index in [4.69, 9.17) is 14.2 Å². The Balaban J connectivity index is 2.16. The van der Waals surface area contributed by atoms with E-state index in [1.807, 2.05) is 18.2 Å². The first-order valence-electron chi connectivity index (χ1n) is 8.04. The molecule has 0 aliphatic rings. The molecular formula is C19H23NO5. The molecule has 0 radical (unpaired) electrons. The Morgan fingerprint density at radius 1 is 1.12 bits per heavy atom. The number of nitrogens with one attached hydrogen (secondary N) is 1. The molecule has 1 aromatic carbocycles. The summed E-state index contributed by atoms with van der Waals surface area (Å²) in [6, 6.07) is 7.31. The van der Waals surface area contributed by atoms with Gasteiger partial charge in [-0.3, -0.25) is 0 Å². The minimum absolute atomic E-state index is 0.0755. The lowest BCUT2D eigenvalue weighted by molar-refractivity contribution is 0.0376. The van der Waals surface area contributed by atoms with Crippen LogP contribution >= 0.6 is 0 Å². The third kappa shape index (κ3) is 4.21. The third-order valence-electron chi connectivity index (χ3n) is 3.74. The number of carbonyl (C=O) groups is 2. The van der Waals surface area contributed by atoms with Crippen molar-refractivity contribution in [2.75, 3.05) is 7.11 Å². The molecule has 0 saturated carbocycles. The van der Waals surface area contributed by atoms with E-state index in [-0.39, 0.29) is 18.4 Å². The molecule has 2 rings (SSSR count). The Labute approximate surface area is 147 Å². The van der Waals surface area contributed by atoms with Crippen LogP contribution in [0.15, 0.2) is 24.3 Å². The minimum Gasteiger partial charge on any atom is -0.496 e. The number of hydrogen-bond donors (Lipinski definition) is 1. The lowest BCUT2D eigenvalue weighted by Crippen LogP contribution is -2.13. The zero-order valence-corrected chi connectivity index (χ0v) is 15.1. The SMILES string of the molecule is COc1ccccc1COC(=O)c1[nH]c(C)c(C(=O)OC(C)C)c1C. The topological polar surface area (TPSA) is 77.6 Å². The van der Waals surface area contributed by atoms with E-state index < -0.39 is 11.9 Å². The summed E-state index contributed by atoms with van der Waals surface area (Å²) < 4.78 is 15.8. The quantitative estimate of drug-likeness (QED) is 0.810. The molecule has 0 unspecified atom stereocenters. The largest absolute Gasteiger partial charge is 0.496 e. The van der Waals surface area contributed by atoms with Crippen molar-refractivity contribution in [3.05, 3.63) is 52.3 Å². The maximum absolute atomic E-state index is 12.4. The molecule has 1 aromatic heterocycles. The number of methoxy groups -OCH3 is 1. The lowest BCUT2D eigenvalue weighted by atomic mass is 10.1. The fraction of sp³-hybridized carbons (Fsp3) is 0.368. The summed E-state index contributed by atoms with van der Waals surface area (Å²) in [6.45, 7) is 7.04. The third-order valence-corrected chi connectivity index (χ3v) is 3.74. The number of ether oxygens (including phenoxy) is 3. The number of aromatic nitrogens is 1. The van der Waals surface area contributed by atoms with Gasteiger partial charge in [0.25, 0.3) is 0 Å². The van der Waals surface area contributed by atoms with Crippen LogP contribution in [0.25, 0.3) is 0 Å². The Bertz CT molecular complexity index is 776. The zero-order chi connectivity index (χ0) is 18.6. The molecule has 134 valence electrons. The second-order valence-corrected chi connectivity index (χ2v) is 5.97. The molecule has 1 heterocycles. The Morgan fingerprint density at radius 3 is 2.44 bits per heavy atom. The van der Waals surface area contributed by atoms with Crippen molar-refractivity contribution >= 4 is 11.9 Å². The molecule has 0 aliphatic carbocycles. The molecular weight excluding hydrogens is 322 g/mol. The summed E-state index contributed by atoms with van der Waals surface area (Å²) in [5.41, 5.74) is 2.49. The molecule has 6 nitrogen and oxygen atoms in total. The number of aryl methyl sites for hydroxylation is 1.